The first-order valence-electron chi connectivity index (χ1n) is 7.51. The third-order valence-electron chi connectivity index (χ3n) is 4.54. The molecule has 0 unspecified atom stereocenters. The standard InChI is InChI=1S/C16H15FN4OS/c17-10-3-4-12-11(7-10)14(15(22)18-12)20-21-16(23)19-13-6-8-1-2-9(13)5-8/h1-4,7-9,13,18,22H,5-6H2,(H,19,23)/t8-,9+,13+/m0/s1. The van der Waals surface area contributed by atoms with Crippen molar-refractivity contribution in [3.05, 3.63) is 36.2 Å². The van der Waals surface area contributed by atoms with Gasteiger partial charge in [0.2, 0.25) is 11.0 Å². The van der Waals surface area contributed by atoms with Crippen LogP contribution in [0.15, 0.2) is 40.6 Å². The van der Waals surface area contributed by atoms with E-state index in [1.165, 1.54) is 18.6 Å². The van der Waals surface area contributed by atoms with Crippen molar-refractivity contribution < 1.29 is 9.50 Å². The fourth-order valence-electron chi connectivity index (χ4n) is 3.47. The summed E-state index contributed by atoms with van der Waals surface area (Å²) in [6.07, 6.45) is 6.70. The van der Waals surface area contributed by atoms with Crippen LogP contribution in [0, 0.1) is 17.7 Å². The van der Waals surface area contributed by atoms with Crippen molar-refractivity contribution in [1.29, 1.82) is 0 Å². The second kappa shape index (κ2) is 5.42. The first-order chi connectivity index (χ1) is 11.1. The van der Waals surface area contributed by atoms with Crippen molar-refractivity contribution in [3.63, 3.8) is 0 Å². The van der Waals surface area contributed by atoms with Crippen LogP contribution in [0.3, 0.4) is 0 Å². The maximum atomic E-state index is 13.4. The molecule has 1 aromatic heterocycles. The molecule has 4 rings (SSSR count). The lowest BCUT2D eigenvalue weighted by Gasteiger charge is -2.19. The van der Waals surface area contributed by atoms with E-state index in [9.17, 15) is 9.50 Å². The lowest BCUT2D eigenvalue weighted by molar-refractivity contribution is 0.459. The van der Waals surface area contributed by atoms with Gasteiger partial charge in [-0.15, -0.1) is 10.2 Å². The highest BCUT2D eigenvalue weighted by Crippen LogP contribution is 2.39. The van der Waals surface area contributed by atoms with Crippen LogP contribution in [0.1, 0.15) is 12.8 Å². The predicted molar refractivity (Wildman–Crippen MR) is 89.3 cm³/mol. The van der Waals surface area contributed by atoms with Crippen molar-refractivity contribution in [1.82, 2.24) is 10.3 Å². The van der Waals surface area contributed by atoms with Gasteiger partial charge in [0.25, 0.3) is 0 Å². The van der Waals surface area contributed by atoms with E-state index in [2.05, 4.69) is 32.7 Å². The molecule has 23 heavy (non-hydrogen) atoms. The number of H-pyrrole nitrogens is 1. The zero-order valence-corrected chi connectivity index (χ0v) is 13.0. The molecule has 2 aliphatic carbocycles. The third kappa shape index (κ3) is 2.61. The lowest BCUT2D eigenvalue weighted by atomic mass is 10.0. The number of halogens is 1. The Morgan fingerprint density at radius 2 is 2.22 bits per heavy atom. The Morgan fingerprint density at radius 1 is 1.35 bits per heavy atom. The lowest BCUT2D eigenvalue weighted by Crippen LogP contribution is -2.35. The Morgan fingerprint density at radius 3 is 2.96 bits per heavy atom. The van der Waals surface area contributed by atoms with Gasteiger partial charge in [0, 0.05) is 11.4 Å². The van der Waals surface area contributed by atoms with Crippen molar-refractivity contribution >= 4 is 33.9 Å². The number of hydrogen-bond donors (Lipinski definition) is 3. The number of azo groups is 1. The number of aromatic hydroxyl groups is 1. The number of fused-ring (bicyclic) bond motifs is 3. The van der Waals surface area contributed by atoms with E-state index in [0.717, 1.165) is 6.42 Å². The summed E-state index contributed by atoms with van der Waals surface area (Å²) in [6, 6.07) is 4.46. The number of rotatable bonds is 2. The summed E-state index contributed by atoms with van der Waals surface area (Å²) in [7, 11) is 0. The molecule has 118 valence electrons. The van der Waals surface area contributed by atoms with E-state index >= 15 is 0 Å². The van der Waals surface area contributed by atoms with Crippen LogP contribution in [-0.4, -0.2) is 21.2 Å². The average Bonchev–Trinajstić information content (AvgIpc) is 3.19. The molecule has 1 saturated carbocycles. The molecule has 3 N–H and O–H groups in total. The zero-order chi connectivity index (χ0) is 16.0. The van der Waals surface area contributed by atoms with Crippen molar-refractivity contribution in [2.75, 3.05) is 0 Å². The van der Waals surface area contributed by atoms with Gasteiger partial charge in [-0.05, 0) is 55.1 Å². The largest absolute Gasteiger partial charge is 0.493 e. The van der Waals surface area contributed by atoms with E-state index < -0.39 is 5.82 Å². The van der Waals surface area contributed by atoms with Crippen LogP contribution >= 0.6 is 12.2 Å². The van der Waals surface area contributed by atoms with E-state index in [1.807, 2.05) is 0 Å². The number of nitrogens with zero attached hydrogens (tertiary/aromatic N) is 2. The average molecular weight is 330 g/mol. The maximum absolute atomic E-state index is 13.4. The molecule has 2 bridgehead atoms. The molecule has 1 fully saturated rings. The molecular formula is C16H15FN4OS. The van der Waals surface area contributed by atoms with Gasteiger partial charge in [0.05, 0.1) is 5.52 Å². The van der Waals surface area contributed by atoms with E-state index in [1.54, 1.807) is 6.07 Å². The van der Waals surface area contributed by atoms with Gasteiger partial charge in [-0.2, -0.15) is 0 Å². The number of aromatic amines is 1. The van der Waals surface area contributed by atoms with Crippen LogP contribution in [0.2, 0.25) is 0 Å². The quantitative estimate of drug-likeness (QED) is 0.444. The second-order valence-corrected chi connectivity index (χ2v) is 6.44. The number of nitrogens with one attached hydrogen (secondary N) is 2. The molecule has 0 aliphatic heterocycles. The van der Waals surface area contributed by atoms with Crippen LogP contribution in [-0.2, 0) is 0 Å². The molecule has 0 amide bonds. The Kier molecular flexibility index (Phi) is 3.37. The van der Waals surface area contributed by atoms with E-state index in [-0.39, 0.29) is 16.7 Å². The minimum absolute atomic E-state index is 0.153. The Labute approximate surface area is 137 Å². The third-order valence-corrected chi connectivity index (χ3v) is 4.74. The van der Waals surface area contributed by atoms with Gasteiger partial charge in [0.15, 0.2) is 5.69 Å². The summed E-state index contributed by atoms with van der Waals surface area (Å²) in [5.41, 5.74) is 0.784. The molecule has 1 aromatic carbocycles. The highest BCUT2D eigenvalue weighted by Gasteiger charge is 2.35. The molecule has 0 spiro atoms. The van der Waals surface area contributed by atoms with Crippen LogP contribution < -0.4 is 5.32 Å². The van der Waals surface area contributed by atoms with E-state index in [4.69, 9.17) is 12.2 Å². The van der Waals surface area contributed by atoms with Crippen molar-refractivity contribution in [2.24, 2.45) is 22.1 Å². The first kappa shape index (κ1) is 14.3. The molecule has 1 heterocycles. The summed E-state index contributed by atoms with van der Waals surface area (Å²) >= 11 is 5.21. The molecule has 5 nitrogen and oxygen atoms in total. The molecule has 2 aromatic rings. The maximum Gasteiger partial charge on any atom is 0.218 e. The molecule has 0 saturated heterocycles. The van der Waals surface area contributed by atoms with Crippen molar-refractivity contribution in [3.8, 4) is 5.88 Å². The minimum Gasteiger partial charge on any atom is -0.493 e. The van der Waals surface area contributed by atoms with Gasteiger partial charge in [-0.3, -0.25) is 0 Å². The molecule has 3 atom stereocenters. The smallest absolute Gasteiger partial charge is 0.218 e. The highest BCUT2D eigenvalue weighted by molar-refractivity contribution is 7.80. The number of thiocarbonyl (C=S) groups is 1. The summed E-state index contributed by atoms with van der Waals surface area (Å²) in [6.45, 7) is 0. The summed E-state index contributed by atoms with van der Waals surface area (Å²) in [5, 5.41) is 21.8. The van der Waals surface area contributed by atoms with Gasteiger partial charge < -0.3 is 15.4 Å². The molecule has 0 radical (unpaired) electrons. The number of allylic oxidation sites excluding steroid dienone is 1. The second-order valence-electron chi connectivity index (χ2n) is 6.05. The number of hydrogen-bond acceptors (Lipinski definition) is 3. The Hall–Kier alpha value is -2.28. The SMILES string of the molecule is Oc1[nH]c2ccc(F)cc2c1N=NC(=S)N[C@@H]1C[C@H]2C=C[C@@H]1C2. The van der Waals surface area contributed by atoms with Crippen LogP contribution in [0.25, 0.3) is 10.9 Å². The predicted octanol–water partition coefficient (Wildman–Crippen LogP) is 3.94. The van der Waals surface area contributed by atoms with Gasteiger partial charge >= 0.3 is 0 Å². The minimum atomic E-state index is -0.401. The molecule has 7 heteroatoms. The van der Waals surface area contributed by atoms with Gasteiger partial charge in [-0.25, -0.2) is 4.39 Å². The Bertz CT molecular complexity index is 844. The van der Waals surface area contributed by atoms with Gasteiger partial charge in [0.1, 0.15) is 5.82 Å². The van der Waals surface area contributed by atoms with Crippen LogP contribution in [0.5, 0.6) is 5.88 Å². The van der Waals surface area contributed by atoms with E-state index in [0.29, 0.717) is 28.8 Å². The normalized spacial score (nSPS) is 25.7. The molecular weight excluding hydrogens is 315 g/mol. The first-order valence-corrected chi connectivity index (χ1v) is 7.92. The number of benzene rings is 1. The van der Waals surface area contributed by atoms with Gasteiger partial charge in [-0.1, -0.05) is 12.2 Å². The Balaban J connectivity index is 1.52. The summed E-state index contributed by atoms with van der Waals surface area (Å²) in [5.74, 6) is 0.587. The number of aromatic nitrogens is 1. The molecule has 2 aliphatic rings. The van der Waals surface area contributed by atoms with Crippen LogP contribution in [0.4, 0.5) is 10.1 Å². The monoisotopic (exact) mass is 330 g/mol. The zero-order valence-electron chi connectivity index (χ0n) is 12.2. The fourth-order valence-corrected chi connectivity index (χ4v) is 3.66. The topological polar surface area (TPSA) is 72.8 Å². The van der Waals surface area contributed by atoms with Crippen molar-refractivity contribution in [2.45, 2.75) is 18.9 Å². The summed E-state index contributed by atoms with van der Waals surface area (Å²) in [4.78, 5) is 2.74. The highest BCUT2D eigenvalue weighted by atomic mass is 32.1. The summed E-state index contributed by atoms with van der Waals surface area (Å²) < 4.78 is 13.4. The fraction of sp³-hybridized carbons (Fsp3) is 0.312.